The molecule has 2 aliphatic rings. The zero-order valence-corrected chi connectivity index (χ0v) is 25.6. The Morgan fingerprint density at radius 3 is 2.52 bits per heavy atom. The third kappa shape index (κ3) is 6.28. The molecule has 12 heteroatoms. The van der Waals surface area contributed by atoms with Gasteiger partial charge in [0.2, 0.25) is 0 Å². The summed E-state index contributed by atoms with van der Waals surface area (Å²) in [5.74, 6) is -1.11. The molecule has 1 aromatic heterocycles. The number of benzene rings is 2. The van der Waals surface area contributed by atoms with Gasteiger partial charge in [-0.05, 0) is 81.7 Å². The maximum atomic E-state index is 13.3. The number of carbonyl (C=O) groups excluding carboxylic acids is 2. The molecule has 9 nitrogen and oxygen atoms in total. The minimum Gasteiger partial charge on any atom is -0.390 e. The predicted molar refractivity (Wildman–Crippen MR) is 165 cm³/mol. The third-order valence-electron chi connectivity index (χ3n) is 7.69. The van der Waals surface area contributed by atoms with Crippen molar-refractivity contribution in [3.8, 4) is 0 Å². The fourth-order valence-electron chi connectivity index (χ4n) is 5.48. The molecule has 222 valence electrons. The van der Waals surface area contributed by atoms with Crippen LogP contribution >= 0.6 is 23.2 Å². The summed E-state index contributed by atoms with van der Waals surface area (Å²) >= 11 is 12.4. The van der Waals surface area contributed by atoms with Gasteiger partial charge in [0.05, 0.1) is 27.9 Å². The van der Waals surface area contributed by atoms with E-state index in [4.69, 9.17) is 23.2 Å². The fraction of sp³-hybridized carbons (Fsp3) is 0.333. The van der Waals surface area contributed by atoms with Crippen LogP contribution in [-0.2, 0) is 20.4 Å². The lowest BCUT2D eigenvalue weighted by molar-refractivity contribution is -0.110. The normalized spacial score (nSPS) is 17.0. The lowest BCUT2D eigenvalue weighted by Gasteiger charge is -2.19. The quantitative estimate of drug-likeness (QED) is 0.256. The summed E-state index contributed by atoms with van der Waals surface area (Å²) in [5, 5.41) is 16.5. The van der Waals surface area contributed by atoms with E-state index in [1.54, 1.807) is 44.2 Å². The Hall–Kier alpha value is -3.15. The summed E-state index contributed by atoms with van der Waals surface area (Å²) in [4.78, 5) is 31.4. The Bertz CT molecular complexity index is 1670. The molecule has 3 heterocycles. The number of sulfone groups is 1. The molecular weight excluding hydrogens is 599 g/mol. The number of carbonyl (C=O) groups is 2. The number of halogens is 2. The second kappa shape index (κ2) is 12.2. The van der Waals surface area contributed by atoms with Crippen LogP contribution in [0.25, 0.3) is 11.6 Å². The van der Waals surface area contributed by atoms with Crippen LogP contribution in [0.1, 0.15) is 51.3 Å². The highest BCUT2D eigenvalue weighted by Gasteiger charge is 2.29. The smallest absolute Gasteiger partial charge is 0.256 e. The lowest BCUT2D eigenvalue weighted by Crippen LogP contribution is -2.39. The van der Waals surface area contributed by atoms with Crippen LogP contribution in [0, 0.1) is 13.8 Å². The zero-order chi connectivity index (χ0) is 30.2. The fourth-order valence-corrected chi connectivity index (χ4v) is 7.60. The number of aryl methyl sites for hydroxylation is 1. The first-order valence-corrected chi connectivity index (χ1v) is 16.1. The second-order valence-electron chi connectivity index (χ2n) is 10.7. The standard InChI is InChI=1S/C30H32Cl2N4O5S/c1-17-27(34-18(2)28(17)30(39)33-14-19(37)15-36-10-3-4-11-36)13-22-21-12-20(8-9-26(21)35-29(22)38)42(40,41)16-23-24(31)6-5-7-25(23)32/h5-9,12-13,19,34,37H,3-4,10-11,14-16H2,1-2H3,(H,33,39)(H,35,38). The molecule has 2 amide bonds. The Morgan fingerprint density at radius 1 is 1.14 bits per heavy atom. The molecule has 0 saturated carbocycles. The SMILES string of the molecule is Cc1[nH]c(C=C2C(=O)Nc3ccc(S(=O)(=O)Cc4c(Cl)cccc4Cl)cc32)c(C)c1C(=O)NCC(O)CN1CCCC1. The Labute approximate surface area is 254 Å². The average molecular weight is 632 g/mol. The molecule has 3 aromatic rings. The number of β-amino-alcohol motifs (C(OH)–C–C–N with tert-alkyl or cyclic N) is 1. The number of fused-ring (bicyclic) bond motifs is 1. The number of likely N-dealkylation sites (tertiary alicyclic amines) is 1. The number of aromatic amines is 1. The largest absolute Gasteiger partial charge is 0.390 e. The van der Waals surface area contributed by atoms with Crippen molar-refractivity contribution in [2.45, 2.75) is 43.4 Å². The van der Waals surface area contributed by atoms with Crippen LogP contribution < -0.4 is 10.6 Å². The maximum absolute atomic E-state index is 13.3. The molecule has 2 aliphatic heterocycles. The topological polar surface area (TPSA) is 132 Å². The Balaban J connectivity index is 1.38. The molecule has 0 aliphatic carbocycles. The number of rotatable bonds is 9. The van der Waals surface area contributed by atoms with E-state index in [9.17, 15) is 23.1 Å². The number of aliphatic hydroxyl groups excluding tert-OH is 1. The van der Waals surface area contributed by atoms with Gasteiger partial charge in [0.1, 0.15) is 0 Å². The van der Waals surface area contributed by atoms with Gasteiger partial charge in [-0.25, -0.2) is 8.42 Å². The monoisotopic (exact) mass is 630 g/mol. The van der Waals surface area contributed by atoms with Gasteiger partial charge in [-0.3, -0.25) is 9.59 Å². The minimum atomic E-state index is -3.86. The number of nitrogens with zero attached hydrogens (tertiary/aromatic N) is 1. The molecule has 1 saturated heterocycles. The van der Waals surface area contributed by atoms with Crippen LogP contribution in [0.3, 0.4) is 0 Å². The Kier molecular flexibility index (Phi) is 8.82. The first-order valence-electron chi connectivity index (χ1n) is 13.7. The van der Waals surface area contributed by atoms with E-state index in [2.05, 4.69) is 20.5 Å². The number of hydrogen-bond donors (Lipinski definition) is 4. The number of H-pyrrole nitrogens is 1. The van der Waals surface area contributed by atoms with E-state index < -0.39 is 27.6 Å². The van der Waals surface area contributed by atoms with E-state index >= 15 is 0 Å². The number of aromatic nitrogens is 1. The second-order valence-corrected chi connectivity index (χ2v) is 13.5. The van der Waals surface area contributed by atoms with E-state index in [0.717, 1.165) is 25.9 Å². The van der Waals surface area contributed by atoms with Gasteiger partial charge in [0.15, 0.2) is 9.84 Å². The number of nitrogens with one attached hydrogen (secondary N) is 3. The highest BCUT2D eigenvalue weighted by atomic mass is 35.5. The molecule has 1 unspecified atom stereocenters. The van der Waals surface area contributed by atoms with Crippen LogP contribution in [0.4, 0.5) is 5.69 Å². The summed E-state index contributed by atoms with van der Waals surface area (Å²) in [6, 6.07) is 9.25. The van der Waals surface area contributed by atoms with Crippen molar-refractivity contribution in [3.05, 3.63) is 80.1 Å². The molecule has 1 fully saturated rings. The van der Waals surface area contributed by atoms with Crippen molar-refractivity contribution >= 4 is 62.2 Å². The summed E-state index contributed by atoms with van der Waals surface area (Å²) in [5.41, 5.74) is 3.68. The summed E-state index contributed by atoms with van der Waals surface area (Å²) < 4.78 is 26.6. The van der Waals surface area contributed by atoms with Gasteiger partial charge in [-0.1, -0.05) is 29.3 Å². The van der Waals surface area contributed by atoms with E-state index in [0.29, 0.717) is 45.9 Å². The van der Waals surface area contributed by atoms with Crippen molar-refractivity contribution in [2.75, 3.05) is 31.5 Å². The number of aliphatic hydroxyl groups is 1. The summed E-state index contributed by atoms with van der Waals surface area (Å²) in [6.07, 6.45) is 3.18. The third-order valence-corrected chi connectivity index (χ3v) is 10.0. The molecule has 0 bridgehead atoms. The van der Waals surface area contributed by atoms with Gasteiger partial charge < -0.3 is 25.6 Å². The van der Waals surface area contributed by atoms with E-state index in [-0.39, 0.29) is 33.0 Å². The van der Waals surface area contributed by atoms with Gasteiger partial charge in [-0.2, -0.15) is 0 Å². The van der Waals surface area contributed by atoms with Gasteiger partial charge in [-0.15, -0.1) is 0 Å². The number of anilines is 1. The molecule has 0 radical (unpaired) electrons. The molecule has 42 heavy (non-hydrogen) atoms. The molecule has 0 spiro atoms. The molecule has 5 rings (SSSR count). The maximum Gasteiger partial charge on any atom is 0.256 e. The molecule has 4 N–H and O–H groups in total. The van der Waals surface area contributed by atoms with Crippen molar-refractivity contribution in [3.63, 3.8) is 0 Å². The first-order chi connectivity index (χ1) is 19.9. The van der Waals surface area contributed by atoms with E-state index in [1.165, 1.54) is 12.1 Å². The Morgan fingerprint density at radius 2 is 1.83 bits per heavy atom. The molecule has 2 aromatic carbocycles. The zero-order valence-electron chi connectivity index (χ0n) is 23.3. The van der Waals surface area contributed by atoms with Crippen molar-refractivity contribution in [1.82, 2.24) is 15.2 Å². The minimum absolute atomic E-state index is 0.0200. The molecule has 1 atom stereocenters. The van der Waals surface area contributed by atoms with Crippen LogP contribution in [0.5, 0.6) is 0 Å². The number of hydrogen-bond acceptors (Lipinski definition) is 6. The van der Waals surface area contributed by atoms with Crippen LogP contribution in [0.15, 0.2) is 41.3 Å². The van der Waals surface area contributed by atoms with Crippen molar-refractivity contribution in [1.29, 1.82) is 0 Å². The average Bonchev–Trinajstić information content (AvgIpc) is 3.63. The van der Waals surface area contributed by atoms with Crippen molar-refractivity contribution in [2.24, 2.45) is 0 Å². The molecular formula is C30H32Cl2N4O5S. The van der Waals surface area contributed by atoms with Gasteiger partial charge in [0.25, 0.3) is 11.8 Å². The predicted octanol–water partition coefficient (Wildman–Crippen LogP) is 4.59. The first kappa shape index (κ1) is 30.3. The van der Waals surface area contributed by atoms with Crippen LogP contribution in [-0.4, -0.2) is 67.5 Å². The lowest BCUT2D eigenvalue weighted by atomic mass is 10.0. The van der Waals surface area contributed by atoms with Crippen LogP contribution in [0.2, 0.25) is 10.0 Å². The highest BCUT2D eigenvalue weighted by Crippen LogP contribution is 2.37. The number of amides is 2. The summed E-state index contributed by atoms with van der Waals surface area (Å²) in [6.45, 7) is 6.09. The van der Waals surface area contributed by atoms with Gasteiger partial charge >= 0.3 is 0 Å². The van der Waals surface area contributed by atoms with Gasteiger partial charge in [0, 0.05) is 51.3 Å². The van der Waals surface area contributed by atoms with E-state index in [1.807, 2.05) is 0 Å². The van der Waals surface area contributed by atoms with Crippen molar-refractivity contribution < 1.29 is 23.1 Å². The summed E-state index contributed by atoms with van der Waals surface area (Å²) in [7, 11) is -3.86. The highest BCUT2D eigenvalue weighted by molar-refractivity contribution is 7.90.